The Balaban J connectivity index is 1.41. The van der Waals surface area contributed by atoms with Crippen LogP contribution in [0, 0.1) is 23.2 Å². The lowest BCUT2D eigenvalue weighted by atomic mass is 9.56. The van der Waals surface area contributed by atoms with Crippen LogP contribution in [0.4, 0.5) is 0 Å². The fourth-order valence-corrected chi connectivity index (χ4v) is 7.25. The average molecular weight is 375 g/mol. The van der Waals surface area contributed by atoms with Crippen LogP contribution in [0.2, 0.25) is 0 Å². The van der Waals surface area contributed by atoms with Crippen LogP contribution >= 0.6 is 0 Å². The summed E-state index contributed by atoms with van der Waals surface area (Å²) in [5.74, 6) is 1.45. The van der Waals surface area contributed by atoms with Crippen molar-refractivity contribution in [3.8, 4) is 0 Å². The maximum Gasteiger partial charge on any atom is 0.172 e. The van der Waals surface area contributed by atoms with Gasteiger partial charge in [-0.1, -0.05) is 18.6 Å². The van der Waals surface area contributed by atoms with Gasteiger partial charge >= 0.3 is 0 Å². The van der Waals surface area contributed by atoms with Crippen molar-refractivity contribution in [2.45, 2.75) is 70.2 Å². The van der Waals surface area contributed by atoms with Crippen LogP contribution in [0.3, 0.4) is 0 Å². The summed E-state index contributed by atoms with van der Waals surface area (Å²) >= 11 is 0. The van der Waals surface area contributed by atoms with Crippen LogP contribution in [0.25, 0.3) is 0 Å². The molecule has 5 unspecified atom stereocenters. The summed E-state index contributed by atoms with van der Waals surface area (Å²) in [4.78, 5) is 0. The molecule has 1 N–H and O–H groups in total. The van der Waals surface area contributed by atoms with E-state index in [9.17, 15) is 5.11 Å². The van der Waals surface area contributed by atoms with Crippen molar-refractivity contribution in [2.75, 3.05) is 26.9 Å². The van der Waals surface area contributed by atoms with E-state index in [1.807, 2.05) is 0 Å². The van der Waals surface area contributed by atoms with Gasteiger partial charge < -0.3 is 19.3 Å². The van der Waals surface area contributed by atoms with Crippen LogP contribution in [-0.4, -0.2) is 43.9 Å². The summed E-state index contributed by atoms with van der Waals surface area (Å²) in [5, 5.41) is 10.7. The molecule has 4 heteroatoms. The summed E-state index contributed by atoms with van der Waals surface area (Å²) < 4.78 is 17.3. The zero-order valence-electron chi connectivity index (χ0n) is 16.8. The molecule has 1 spiro atoms. The highest BCUT2D eigenvalue weighted by Crippen LogP contribution is 2.62. The Labute approximate surface area is 162 Å². The fourth-order valence-electron chi connectivity index (χ4n) is 7.25. The summed E-state index contributed by atoms with van der Waals surface area (Å²) in [7, 11) is 1.69. The lowest BCUT2D eigenvalue weighted by Crippen LogP contribution is -2.44. The van der Waals surface area contributed by atoms with E-state index in [1.54, 1.807) is 23.8 Å². The van der Waals surface area contributed by atoms with Gasteiger partial charge in [0.25, 0.3) is 0 Å². The van der Waals surface area contributed by atoms with Crippen molar-refractivity contribution >= 4 is 0 Å². The lowest BCUT2D eigenvalue weighted by Gasteiger charge is -2.49. The molecule has 0 radical (unpaired) electrons. The van der Waals surface area contributed by atoms with E-state index in [1.165, 1.54) is 19.3 Å². The van der Waals surface area contributed by atoms with Crippen molar-refractivity contribution in [3.63, 3.8) is 0 Å². The second kappa shape index (κ2) is 6.69. The van der Waals surface area contributed by atoms with Gasteiger partial charge in [0.05, 0.1) is 25.9 Å². The smallest absolute Gasteiger partial charge is 0.172 e. The molecule has 5 atom stereocenters. The zero-order chi connectivity index (χ0) is 18.6. The lowest BCUT2D eigenvalue weighted by molar-refractivity contribution is -0.164. The van der Waals surface area contributed by atoms with E-state index in [-0.39, 0.29) is 17.3 Å². The predicted octanol–water partition coefficient (Wildman–Crippen LogP) is 3.99. The second-order valence-electron chi connectivity index (χ2n) is 9.69. The minimum absolute atomic E-state index is 0.220. The van der Waals surface area contributed by atoms with Crippen LogP contribution in [0.15, 0.2) is 22.8 Å². The first-order valence-corrected chi connectivity index (χ1v) is 10.9. The molecule has 0 aromatic rings. The molecule has 1 heterocycles. The SMILES string of the molecule is COCC(O)C1CCC2C3CCC4=C(CCC5(C4)OCCO5)C3=CCC12C. The van der Waals surface area contributed by atoms with Gasteiger partial charge in [-0.05, 0) is 72.8 Å². The Morgan fingerprint density at radius 2 is 2.04 bits per heavy atom. The number of fused-ring (bicyclic) bond motifs is 4. The van der Waals surface area contributed by atoms with Gasteiger partial charge in [0.1, 0.15) is 0 Å². The first-order chi connectivity index (χ1) is 13.1. The minimum atomic E-state index is -0.329. The van der Waals surface area contributed by atoms with Gasteiger partial charge in [-0.15, -0.1) is 0 Å². The fraction of sp³-hybridized carbons (Fsp3) is 0.826. The van der Waals surface area contributed by atoms with Crippen molar-refractivity contribution in [3.05, 3.63) is 22.8 Å². The maximum atomic E-state index is 10.7. The Bertz CT molecular complexity index is 659. The third kappa shape index (κ3) is 2.78. The van der Waals surface area contributed by atoms with E-state index < -0.39 is 0 Å². The molecule has 4 aliphatic carbocycles. The van der Waals surface area contributed by atoms with Gasteiger partial charge in [0.2, 0.25) is 0 Å². The third-order valence-electron chi connectivity index (χ3n) is 8.52. The van der Waals surface area contributed by atoms with E-state index in [2.05, 4.69) is 13.0 Å². The molecule has 1 aliphatic heterocycles. The van der Waals surface area contributed by atoms with Gasteiger partial charge in [0, 0.05) is 20.0 Å². The maximum absolute atomic E-state index is 10.7. The first-order valence-electron chi connectivity index (χ1n) is 10.9. The molecule has 1 saturated carbocycles. The van der Waals surface area contributed by atoms with Crippen LogP contribution in [0.1, 0.15) is 58.3 Å². The Kier molecular flexibility index (Phi) is 4.55. The number of ether oxygens (including phenoxy) is 3. The van der Waals surface area contributed by atoms with Crippen molar-refractivity contribution in [2.24, 2.45) is 23.2 Å². The summed E-state index contributed by atoms with van der Waals surface area (Å²) in [6, 6.07) is 0. The number of allylic oxidation sites excluding steroid dienone is 3. The average Bonchev–Trinajstić information content (AvgIpc) is 3.25. The van der Waals surface area contributed by atoms with Gasteiger partial charge in [-0.3, -0.25) is 0 Å². The number of hydrogen-bond acceptors (Lipinski definition) is 4. The molecule has 27 heavy (non-hydrogen) atoms. The molecular weight excluding hydrogens is 340 g/mol. The third-order valence-corrected chi connectivity index (χ3v) is 8.52. The van der Waals surface area contributed by atoms with E-state index in [4.69, 9.17) is 14.2 Å². The van der Waals surface area contributed by atoms with E-state index in [0.717, 1.165) is 45.3 Å². The van der Waals surface area contributed by atoms with Gasteiger partial charge in [0.15, 0.2) is 5.79 Å². The molecule has 2 fully saturated rings. The number of methoxy groups -OCH3 is 1. The standard InChI is InChI=1S/C23H34O4/c1-22-9-7-17-16-8-10-23(26-11-12-27-23)13-15(16)3-4-18(17)19(22)5-6-20(22)21(24)14-25-2/h7,18-21,24H,3-6,8-14H2,1-2H3. The van der Waals surface area contributed by atoms with E-state index in [0.29, 0.717) is 24.4 Å². The van der Waals surface area contributed by atoms with E-state index >= 15 is 0 Å². The van der Waals surface area contributed by atoms with Crippen molar-refractivity contribution in [1.29, 1.82) is 0 Å². The molecule has 5 rings (SSSR count). The predicted molar refractivity (Wildman–Crippen MR) is 103 cm³/mol. The molecule has 0 bridgehead atoms. The molecule has 0 amide bonds. The highest BCUT2D eigenvalue weighted by Gasteiger charge is 2.55. The molecule has 150 valence electrons. The Hall–Kier alpha value is -0.680. The molecule has 5 aliphatic rings. The quantitative estimate of drug-likeness (QED) is 0.811. The highest BCUT2D eigenvalue weighted by atomic mass is 16.7. The van der Waals surface area contributed by atoms with Crippen molar-refractivity contribution in [1.82, 2.24) is 0 Å². The minimum Gasteiger partial charge on any atom is -0.390 e. The first kappa shape index (κ1) is 18.4. The van der Waals surface area contributed by atoms with Crippen LogP contribution in [0.5, 0.6) is 0 Å². The summed E-state index contributed by atoms with van der Waals surface area (Å²) in [6.07, 6.45) is 11.3. The second-order valence-corrected chi connectivity index (χ2v) is 9.69. The number of hydrogen-bond donors (Lipinski definition) is 1. The number of aliphatic hydroxyl groups is 1. The van der Waals surface area contributed by atoms with Crippen LogP contribution < -0.4 is 0 Å². The summed E-state index contributed by atoms with van der Waals surface area (Å²) in [6.45, 7) is 4.40. The molecule has 0 aromatic heterocycles. The van der Waals surface area contributed by atoms with Gasteiger partial charge in [-0.25, -0.2) is 0 Å². The molecule has 0 aromatic carbocycles. The molecular formula is C23H34O4. The Morgan fingerprint density at radius 1 is 1.22 bits per heavy atom. The van der Waals surface area contributed by atoms with Gasteiger partial charge in [-0.2, -0.15) is 0 Å². The largest absolute Gasteiger partial charge is 0.390 e. The van der Waals surface area contributed by atoms with Crippen molar-refractivity contribution < 1.29 is 19.3 Å². The topological polar surface area (TPSA) is 47.9 Å². The summed E-state index contributed by atoms with van der Waals surface area (Å²) in [5.41, 5.74) is 5.10. The normalized spacial score (nSPS) is 41.1. The highest BCUT2D eigenvalue weighted by molar-refractivity contribution is 5.44. The monoisotopic (exact) mass is 374 g/mol. The number of rotatable bonds is 3. The molecule has 1 saturated heterocycles. The van der Waals surface area contributed by atoms with Crippen LogP contribution in [-0.2, 0) is 14.2 Å². The zero-order valence-corrected chi connectivity index (χ0v) is 16.8. The Morgan fingerprint density at radius 3 is 2.81 bits per heavy atom. The molecule has 4 nitrogen and oxygen atoms in total. The number of aliphatic hydroxyl groups excluding tert-OH is 1.